The molecule has 0 unspecified atom stereocenters. The van der Waals surface area contributed by atoms with E-state index in [9.17, 15) is 18.0 Å². The molecule has 7 nitrogen and oxygen atoms in total. The van der Waals surface area contributed by atoms with Crippen molar-refractivity contribution in [3.8, 4) is 0 Å². The maximum absolute atomic E-state index is 11.9. The zero-order valence-electron chi connectivity index (χ0n) is 14.9. The Labute approximate surface area is 149 Å². The van der Waals surface area contributed by atoms with Gasteiger partial charge >= 0.3 is 0 Å². The molecule has 0 radical (unpaired) electrons. The molecular weight excluding hydrogens is 344 g/mol. The maximum atomic E-state index is 11.9. The van der Waals surface area contributed by atoms with E-state index in [0.29, 0.717) is 25.3 Å². The minimum absolute atomic E-state index is 0.114. The fourth-order valence-corrected chi connectivity index (χ4v) is 3.03. The van der Waals surface area contributed by atoms with E-state index in [1.165, 1.54) is 0 Å². The Balaban J connectivity index is 2.35. The third kappa shape index (κ3) is 9.83. The molecule has 2 amide bonds. The number of hydrogen-bond donors (Lipinski definition) is 2. The van der Waals surface area contributed by atoms with Crippen LogP contribution in [0.3, 0.4) is 0 Å². The molecule has 1 aromatic rings. The predicted molar refractivity (Wildman–Crippen MR) is 97.2 cm³/mol. The Morgan fingerprint density at radius 1 is 1.08 bits per heavy atom. The van der Waals surface area contributed by atoms with Crippen LogP contribution in [0.15, 0.2) is 24.3 Å². The SMILES string of the molecule is Cc1ccc(NC(=O)CS(=O)(=O)CC(=O)NCCCOC(C)C)cc1. The Kier molecular flexibility index (Phi) is 8.57. The first-order valence-electron chi connectivity index (χ1n) is 8.13. The number of amides is 2. The quantitative estimate of drug-likeness (QED) is 0.604. The van der Waals surface area contributed by atoms with Crippen LogP contribution in [0.4, 0.5) is 5.69 Å². The van der Waals surface area contributed by atoms with Crippen molar-refractivity contribution in [3.05, 3.63) is 29.8 Å². The lowest BCUT2D eigenvalue weighted by molar-refractivity contribution is -0.118. The smallest absolute Gasteiger partial charge is 0.239 e. The Bertz CT molecular complexity index is 669. The Morgan fingerprint density at radius 3 is 2.28 bits per heavy atom. The molecule has 0 aliphatic rings. The highest BCUT2D eigenvalue weighted by molar-refractivity contribution is 7.92. The minimum Gasteiger partial charge on any atom is -0.379 e. The number of benzene rings is 1. The molecule has 0 fully saturated rings. The summed E-state index contributed by atoms with van der Waals surface area (Å²) in [5, 5.41) is 5.01. The lowest BCUT2D eigenvalue weighted by Crippen LogP contribution is -2.34. The van der Waals surface area contributed by atoms with Crippen molar-refractivity contribution in [3.63, 3.8) is 0 Å². The van der Waals surface area contributed by atoms with Crippen molar-refractivity contribution in [1.82, 2.24) is 5.32 Å². The molecule has 0 heterocycles. The zero-order valence-corrected chi connectivity index (χ0v) is 15.7. The first-order chi connectivity index (χ1) is 11.7. The second kappa shape index (κ2) is 10.1. The van der Waals surface area contributed by atoms with Crippen LogP contribution in [-0.2, 0) is 24.2 Å². The molecule has 0 aliphatic carbocycles. The van der Waals surface area contributed by atoms with Gasteiger partial charge in [-0.3, -0.25) is 9.59 Å². The summed E-state index contributed by atoms with van der Waals surface area (Å²) in [5.41, 5.74) is 1.54. The summed E-state index contributed by atoms with van der Waals surface area (Å²) >= 11 is 0. The molecule has 1 rings (SSSR count). The second-order valence-corrected chi connectivity index (χ2v) is 8.13. The van der Waals surface area contributed by atoms with Gasteiger partial charge in [0.15, 0.2) is 9.84 Å². The van der Waals surface area contributed by atoms with Crippen molar-refractivity contribution in [2.45, 2.75) is 33.3 Å². The van der Waals surface area contributed by atoms with Gasteiger partial charge in [0.1, 0.15) is 11.5 Å². The standard InChI is InChI=1S/C17H26N2O5S/c1-13(2)24-10-4-9-18-16(20)11-25(22,23)12-17(21)19-15-7-5-14(3)6-8-15/h5-8,13H,4,9-12H2,1-3H3,(H,18,20)(H,19,21). The molecular formula is C17H26N2O5S. The highest BCUT2D eigenvalue weighted by Crippen LogP contribution is 2.08. The monoisotopic (exact) mass is 370 g/mol. The number of carbonyl (C=O) groups is 2. The van der Waals surface area contributed by atoms with Crippen LogP contribution < -0.4 is 10.6 Å². The van der Waals surface area contributed by atoms with Gasteiger partial charge in [-0.1, -0.05) is 17.7 Å². The van der Waals surface area contributed by atoms with Crippen molar-refractivity contribution in [2.24, 2.45) is 0 Å². The summed E-state index contributed by atoms with van der Waals surface area (Å²) in [6, 6.07) is 6.98. The van der Waals surface area contributed by atoms with Crippen LogP contribution in [0.5, 0.6) is 0 Å². The molecule has 25 heavy (non-hydrogen) atoms. The third-order valence-corrected chi connectivity index (χ3v) is 4.54. The number of sulfone groups is 1. The van der Waals surface area contributed by atoms with Gasteiger partial charge in [0.25, 0.3) is 0 Å². The molecule has 140 valence electrons. The van der Waals surface area contributed by atoms with Crippen LogP contribution in [0.25, 0.3) is 0 Å². The third-order valence-electron chi connectivity index (χ3n) is 3.13. The number of nitrogens with one attached hydrogen (secondary N) is 2. The van der Waals surface area contributed by atoms with Crippen LogP contribution in [0.1, 0.15) is 25.8 Å². The van der Waals surface area contributed by atoms with E-state index in [2.05, 4.69) is 10.6 Å². The summed E-state index contributed by atoms with van der Waals surface area (Å²) in [6.07, 6.45) is 0.709. The summed E-state index contributed by atoms with van der Waals surface area (Å²) in [5.74, 6) is -2.72. The summed E-state index contributed by atoms with van der Waals surface area (Å²) in [6.45, 7) is 6.55. The molecule has 0 aromatic heterocycles. The Hall–Kier alpha value is -1.93. The largest absolute Gasteiger partial charge is 0.379 e. The normalized spacial score (nSPS) is 11.4. The van der Waals surface area contributed by atoms with Gasteiger partial charge in [-0.2, -0.15) is 0 Å². The minimum atomic E-state index is -3.82. The molecule has 2 N–H and O–H groups in total. The van der Waals surface area contributed by atoms with Crippen molar-refractivity contribution >= 4 is 27.3 Å². The number of carbonyl (C=O) groups excluding carboxylic acids is 2. The predicted octanol–water partition coefficient (Wildman–Crippen LogP) is 1.28. The molecule has 0 aliphatic heterocycles. The number of rotatable bonds is 10. The van der Waals surface area contributed by atoms with Gasteiger partial charge in [0.2, 0.25) is 11.8 Å². The van der Waals surface area contributed by atoms with Gasteiger partial charge in [0, 0.05) is 18.8 Å². The summed E-state index contributed by atoms with van der Waals surface area (Å²) in [7, 11) is -3.82. The van der Waals surface area contributed by atoms with Crippen LogP contribution in [0.2, 0.25) is 0 Å². The average Bonchev–Trinajstić information content (AvgIpc) is 2.47. The van der Waals surface area contributed by atoms with E-state index < -0.39 is 33.2 Å². The van der Waals surface area contributed by atoms with Crippen LogP contribution in [0, 0.1) is 6.92 Å². The number of aryl methyl sites for hydroxylation is 1. The van der Waals surface area contributed by atoms with Gasteiger partial charge < -0.3 is 15.4 Å². The van der Waals surface area contributed by atoms with Crippen molar-refractivity contribution in [1.29, 1.82) is 0 Å². The molecule has 0 saturated heterocycles. The first-order valence-corrected chi connectivity index (χ1v) is 9.95. The summed E-state index contributed by atoms with van der Waals surface area (Å²) < 4.78 is 29.2. The van der Waals surface area contributed by atoms with E-state index in [1.54, 1.807) is 24.3 Å². The molecule has 0 spiro atoms. The fourth-order valence-electron chi connectivity index (χ4n) is 1.95. The van der Waals surface area contributed by atoms with Gasteiger partial charge in [-0.25, -0.2) is 8.42 Å². The number of hydrogen-bond acceptors (Lipinski definition) is 5. The molecule has 0 bridgehead atoms. The number of ether oxygens (including phenoxy) is 1. The van der Waals surface area contributed by atoms with Gasteiger partial charge in [-0.05, 0) is 39.3 Å². The van der Waals surface area contributed by atoms with E-state index in [1.807, 2.05) is 20.8 Å². The zero-order chi connectivity index (χ0) is 18.9. The first kappa shape index (κ1) is 21.1. The van der Waals surface area contributed by atoms with E-state index in [0.717, 1.165) is 5.56 Å². The highest BCUT2D eigenvalue weighted by Gasteiger charge is 2.20. The second-order valence-electron chi connectivity index (χ2n) is 6.07. The van der Waals surface area contributed by atoms with E-state index in [-0.39, 0.29) is 6.10 Å². The van der Waals surface area contributed by atoms with Gasteiger partial charge in [-0.15, -0.1) is 0 Å². The molecule has 0 atom stereocenters. The summed E-state index contributed by atoms with van der Waals surface area (Å²) in [4.78, 5) is 23.5. The molecule has 1 aromatic carbocycles. The van der Waals surface area contributed by atoms with Crippen molar-refractivity contribution in [2.75, 3.05) is 30.0 Å². The maximum Gasteiger partial charge on any atom is 0.239 e. The molecule has 0 saturated carbocycles. The lowest BCUT2D eigenvalue weighted by Gasteiger charge is -2.09. The highest BCUT2D eigenvalue weighted by atomic mass is 32.2. The number of anilines is 1. The van der Waals surface area contributed by atoms with Crippen LogP contribution >= 0.6 is 0 Å². The van der Waals surface area contributed by atoms with Crippen molar-refractivity contribution < 1.29 is 22.7 Å². The van der Waals surface area contributed by atoms with E-state index >= 15 is 0 Å². The van der Waals surface area contributed by atoms with Gasteiger partial charge in [0.05, 0.1) is 6.10 Å². The fraction of sp³-hybridized carbons (Fsp3) is 0.529. The average molecular weight is 370 g/mol. The lowest BCUT2D eigenvalue weighted by atomic mass is 10.2. The Morgan fingerprint density at radius 2 is 1.68 bits per heavy atom. The molecule has 8 heteroatoms. The van der Waals surface area contributed by atoms with E-state index in [4.69, 9.17) is 4.74 Å². The van der Waals surface area contributed by atoms with Crippen LogP contribution in [-0.4, -0.2) is 51.0 Å². The topological polar surface area (TPSA) is 102 Å².